The maximum absolute atomic E-state index is 4.54. The summed E-state index contributed by atoms with van der Waals surface area (Å²) in [5.74, 6) is 0.911. The predicted molar refractivity (Wildman–Crippen MR) is 62.1 cm³/mol. The molecule has 0 amide bonds. The molecule has 1 saturated carbocycles. The fraction of sp³-hybridized carbons (Fsp3) is 0.545. The number of nitrogens with one attached hydrogen (secondary N) is 1. The highest BCUT2D eigenvalue weighted by atomic mass is 32.1. The Kier molecular flexibility index (Phi) is 2.25. The molecular formula is C11H15N3S. The summed E-state index contributed by atoms with van der Waals surface area (Å²) < 4.78 is 2.09. The van der Waals surface area contributed by atoms with Crippen molar-refractivity contribution in [3.05, 3.63) is 23.5 Å². The van der Waals surface area contributed by atoms with Crippen LogP contribution in [0.1, 0.15) is 25.5 Å². The molecular weight excluding hydrogens is 206 g/mol. The van der Waals surface area contributed by atoms with E-state index in [4.69, 9.17) is 0 Å². The Morgan fingerprint density at radius 2 is 2.53 bits per heavy atom. The summed E-state index contributed by atoms with van der Waals surface area (Å²) in [4.78, 5) is 5.63. The first-order valence-electron chi connectivity index (χ1n) is 5.47. The third kappa shape index (κ3) is 1.92. The molecule has 1 atom stereocenters. The highest BCUT2D eigenvalue weighted by molar-refractivity contribution is 7.15. The topological polar surface area (TPSA) is 29.3 Å². The van der Waals surface area contributed by atoms with E-state index in [2.05, 4.69) is 39.4 Å². The number of thiazole rings is 1. The summed E-state index contributed by atoms with van der Waals surface area (Å²) in [6, 6.07) is 0.643. The molecule has 2 aromatic heterocycles. The summed E-state index contributed by atoms with van der Waals surface area (Å²) in [7, 11) is 0. The van der Waals surface area contributed by atoms with Gasteiger partial charge in [0.1, 0.15) is 0 Å². The zero-order chi connectivity index (χ0) is 10.3. The fourth-order valence-corrected chi connectivity index (χ4v) is 2.61. The summed E-state index contributed by atoms with van der Waals surface area (Å²) in [5.41, 5.74) is 1.15. The molecule has 2 aromatic rings. The molecule has 2 heterocycles. The maximum atomic E-state index is 4.54. The molecule has 0 saturated heterocycles. The van der Waals surface area contributed by atoms with Gasteiger partial charge in [0.15, 0.2) is 4.96 Å². The van der Waals surface area contributed by atoms with Gasteiger partial charge in [-0.25, -0.2) is 4.98 Å². The largest absolute Gasteiger partial charge is 0.308 e. The highest BCUT2D eigenvalue weighted by Crippen LogP contribution is 2.32. The van der Waals surface area contributed by atoms with Gasteiger partial charge in [-0.05, 0) is 25.7 Å². The molecule has 80 valence electrons. The van der Waals surface area contributed by atoms with Crippen LogP contribution in [0.3, 0.4) is 0 Å². The van der Waals surface area contributed by atoms with Crippen molar-refractivity contribution in [3.63, 3.8) is 0 Å². The third-order valence-corrected chi connectivity index (χ3v) is 3.85. The van der Waals surface area contributed by atoms with Gasteiger partial charge < -0.3 is 5.32 Å². The van der Waals surface area contributed by atoms with Crippen molar-refractivity contribution in [2.75, 3.05) is 0 Å². The molecule has 0 aliphatic heterocycles. The van der Waals surface area contributed by atoms with Crippen LogP contribution >= 0.6 is 11.3 Å². The summed E-state index contributed by atoms with van der Waals surface area (Å²) >= 11 is 1.69. The molecule has 0 radical (unpaired) electrons. The number of aromatic nitrogens is 2. The standard InChI is InChI=1S/C11H15N3S/c1-8(9-2-3-9)12-6-10-7-14-4-5-15-11(14)13-10/h4-5,7-9,12H,2-3,6H2,1H3. The van der Waals surface area contributed by atoms with Crippen molar-refractivity contribution in [2.45, 2.75) is 32.4 Å². The number of nitrogens with zero attached hydrogens (tertiary/aromatic N) is 2. The van der Waals surface area contributed by atoms with Crippen LogP contribution < -0.4 is 5.32 Å². The molecule has 3 rings (SSSR count). The summed E-state index contributed by atoms with van der Waals surface area (Å²) in [6.45, 7) is 3.17. The summed E-state index contributed by atoms with van der Waals surface area (Å²) in [6.07, 6.45) is 6.96. The van der Waals surface area contributed by atoms with Gasteiger partial charge in [0, 0.05) is 30.4 Å². The number of imidazole rings is 1. The van der Waals surface area contributed by atoms with Gasteiger partial charge >= 0.3 is 0 Å². The Balaban J connectivity index is 1.64. The zero-order valence-electron chi connectivity index (χ0n) is 8.81. The first kappa shape index (κ1) is 9.36. The second kappa shape index (κ2) is 3.61. The molecule has 0 aromatic carbocycles. The number of rotatable bonds is 4. The second-order valence-corrected chi connectivity index (χ2v) is 5.21. The number of fused-ring (bicyclic) bond motifs is 1. The number of hydrogen-bond donors (Lipinski definition) is 1. The van der Waals surface area contributed by atoms with E-state index in [0.29, 0.717) is 6.04 Å². The molecule has 1 aliphatic carbocycles. The van der Waals surface area contributed by atoms with E-state index in [1.807, 2.05) is 0 Å². The quantitative estimate of drug-likeness (QED) is 0.858. The van der Waals surface area contributed by atoms with Crippen molar-refractivity contribution in [3.8, 4) is 0 Å². The normalized spacial score (nSPS) is 18.5. The SMILES string of the molecule is CC(NCc1cn2ccsc2n1)C1CC1. The minimum Gasteiger partial charge on any atom is -0.308 e. The molecule has 1 unspecified atom stereocenters. The molecule has 3 nitrogen and oxygen atoms in total. The van der Waals surface area contributed by atoms with Gasteiger partial charge in [0.2, 0.25) is 0 Å². The van der Waals surface area contributed by atoms with Crippen LogP contribution in [0.15, 0.2) is 17.8 Å². The molecule has 15 heavy (non-hydrogen) atoms. The Labute approximate surface area is 93.1 Å². The van der Waals surface area contributed by atoms with E-state index in [1.54, 1.807) is 11.3 Å². The van der Waals surface area contributed by atoms with Crippen LogP contribution in [-0.4, -0.2) is 15.4 Å². The molecule has 1 aliphatic rings. The van der Waals surface area contributed by atoms with Crippen molar-refractivity contribution in [2.24, 2.45) is 5.92 Å². The van der Waals surface area contributed by atoms with Crippen LogP contribution in [-0.2, 0) is 6.54 Å². The zero-order valence-corrected chi connectivity index (χ0v) is 9.63. The lowest BCUT2D eigenvalue weighted by molar-refractivity contribution is 0.493. The first-order chi connectivity index (χ1) is 7.33. The monoisotopic (exact) mass is 221 g/mol. The van der Waals surface area contributed by atoms with Crippen LogP contribution in [0.5, 0.6) is 0 Å². The summed E-state index contributed by atoms with van der Waals surface area (Å²) in [5, 5.41) is 5.60. The Morgan fingerprint density at radius 3 is 3.27 bits per heavy atom. The van der Waals surface area contributed by atoms with E-state index >= 15 is 0 Å². The minimum atomic E-state index is 0.643. The van der Waals surface area contributed by atoms with Gasteiger partial charge in [-0.3, -0.25) is 4.40 Å². The Morgan fingerprint density at radius 1 is 1.67 bits per heavy atom. The Hall–Kier alpha value is -0.870. The van der Waals surface area contributed by atoms with Gasteiger partial charge in [-0.15, -0.1) is 11.3 Å². The maximum Gasteiger partial charge on any atom is 0.193 e. The second-order valence-electron chi connectivity index (χ2n) is 4.33. The van der Waals surface area contributed by atoms with Gasteiger partial charge in [-0.2, -0.15) is 0 Å². The molecule has 1 fully saturated rings. The number of hydrogen-bond acceptors (Lipinski definition) is 3. The molecule has 4 heteroatoms. The highest BCUT2D eigenvalue weighted by Gasteiger charge is 2.27. The first-order valence-corrected chi connectivity index (χ1v) is 6.35. The van der Waals surface area contributed by atoms with Crippen molar-refractivity contribution in [1.82, 2.24) is 14.7 Å². The van der Waals surface area contributed by atoms with E-state index < -0.39 is 0 Å². The van der Waals surface area contributed by atoms with Crippen molar-refractivity contribution < 1.29 is 0 Å². The smallest absolute Gasteiger partial charge is 0.193 e. The Bertz CT molecular complexity index is 427. The molecule has 1 N–H and O–H groups in total. The van der Waals surface area contributed by atoms with Gasteiger partial charge in [-0.1, -0.05) is 0 Å². The third-order valence-electron chi connectivity index (χ3n) is 3.08. The van der Waals surface area contributed by atoms with Crippen molar-refractivity contribution >= 4 is 16.3 Å². The predicted octanol–water partition coefficient (Wildman–Crippen LogP) is 2.28. The average molecular weight is 221 g/mol. The molecule has 0 bridgehead atoms. The van der Waals surface area contributed by atoms with E-state index in [1.165, 1.54) is 12.8 Å². The average Bonchev–Trinajstić information content (AvgIpc) is 2.86. The lowest BCUT2D eigenvalue weighted by atomic mass is 10.2. The lowest BCUT2D eigenvalue weighted by Crippen LogP contribution is -2.27. The van der Waals surface area contributed by atoms with Crippen molar-refractivity contribution in [1.29, 1.82) is 0 Å². The van der Waals surface area contributed by atoms with Crippen LogP contribution in [0, 0.1) is 5.92 Å². The van der Waals surface area contributed by atoms with Crippen LogP contribution in [0.4, 0.5) is 0 Å². The van der Waals surface area contributed by atoms with Gasteiger partial charge in [0.25, 0.3) is 0 Å². The van der Waals surface area contributed by atoms with E-state index in [-0.39, 0.29) is 0 Å². The minimum absolute atomic E-state index is 0.643. The van der Waals surface area contributed by atoms with E-state index in [9.17, 15) is 0 Å². The lowest BCUT2D eigenvalue weighted by Gasteiger charge is -2.10. The molecule has 0 spiro atoms. The van der Waals surface area contributed by atoms with Crippen LogP contribution in [0.25, 0.3) is 4.96 Å². The fourth-order valence-electron chi connectivity index (χ4n) is 1.89. The van der Waals surface area contributed by atoms with E-state index in [0.717, 1.165) is 23.1 Å². The van der Waals surface area contributed by atoms with Gasteiger partial charge in [0.05, 0.1) is 5.69 Å². The van der Waals surface area contributed by atoms with Crippen LogP contribution in [0.2, 0.25) is 0 Å².